The van der Waals surface area contributed by atoms with Crippen LogP contribution in [-0.2, 0) is 27.8 Å². The van der Waals surface area contributed by atoms with Gasteiger partial charge >= 0.3 is 5.97 Å². The predicted octanol–water partition coefficient (Wildman–Crippen LogP) is 5.66. The van der Waals surface area contributed by atoms with Crippen LogP contribution in [0.3, 0.4) is 0 Å². The number of hydrogen-bond donors (Lipinski definition) is 0. The molecule has 0 radical (unpaired) electrons. The summed E-state index contributed by atoms with van der Waals surface area (Å²) in [6.07, 6.45) is 0. The van der Waals surface area contributed by atoms with E-state index in [4.69, 9.17) is 4.74 Å². The van der Waals surface area contributed by atoms with Gasteiger partial charge in [0, 0.05) is 43.6 Å². The molecule has 1 aromatic heterocycles. The number of aromatic nitrogens is 1. The Morgan fingerprint density at radius 3 is 2.24 bits per heavy atom. The van der Waals surface area contributed by atoms with Gasteiger partial charge in [0.25, 0.3) is 15.9 Å². The molecule has 0 aliphatic carbocycles. The van der Waals surface area contributed by atoms with Crippen molar-refractivity contribution in [1.82, 2.24) is 8.87 Å². The Labute approximate surface area is 244 Å². The summed E-state index contributed by atoms with van der Waals surface area (Å²) in [5.74, 6) is -0.885. The molecule has 0 saturated heterocycles. The summed E-state index contributed by atoms with van der Waals surface area (Å²) in [4.78, 5) is 31.1. The number of fused-ring (bicyclic) bond motifs is 5. The van der Waals surface area contributed by atoms with Gasteiger partial charge in [-0.15, -0.1) is 0 Å². The molecular formula is C33H31N3O5S. The Morgan fingerprint density at radius 2 is 1.60 bits per heavy atom. The number of hydrogen-bond acceptors (Lipinski definition) is 6. The highest BCUT2D eigenvalue weighted by atomic mass is 32.2. The van der Waals surface area contributed by atoms with Crippen LogP contribution in [0, 0.1) is 13.8 Å². The maximum absolute atomic E-state index is 14.3. The summed E-state index contributed by atoms with van der Waals surface area (Å²) in [5, 5.41) is 1.03. The molecule has 0 unspecified atom stereocenters. The molecule has 0 N–H and O–H groups in total. The molecule has 0 spiro atoms. The number of benzene rings is 4. The van der Waals surface area contributed by atoms with Crippen LogP contribution in [0.25, 0.3) is 21.8 Å². The first-order valence-corrected chi connectivity index (χ1v) is 15.0. The lowest BCUT2D eigenvalue weighted by molar-refractivity contribution is 0.0602. The second kappa shape index (κ2) is 10.0. The molecule has 9 heteroatoms. The summed E-state index contributed by atoms with van der Waals surface area (Å²) >= 11 is 0. The van der Waals surface area contributed by atoms with Gasteiger partial charge in [-0.05, 0) is 67.4 Å². The molecule has 4 aromatic carbocycles. The van der Waals surface area contributed by atoms with Crippen molar-refractivity contribution in [3.05, 3.63) is 106 Å². The first kappa shape index (κ1) is 27.5. The third-order valence-electron chi connectivity index (χ3n) is 7.88. The van der Waals surface area contributed by atoms with E-state index in [0.717, 1.165) is 22.4 Å². The molecule has 6 rings (SSSR count). The summed E-state index contributed by atoms with van der Waals surface area (Å²) < 4.78 is 34.9. The summed E-state index contributed by atoms with van der Waals surface area (Å²) in [7, 11) is 1.03. The van der Waals surface area contributed by atoms with E-state index in [1.807, 2.05) is 69.2 Å². The lowest BCUT2D eigenvalue weighted by Crippen LogP contribution is -2.23. The van der Waals surface area contributed by atoms with Crippen molar-refractivity contribution in [2.24, 2.45) is 0 Å². The van der Waals surface area contributed by atoms with Gasteiger partial charge in [0.2, 0.25) is 0 Å². The van der Waals surface area contributed by atoms with Crippen LogP contribution in [0.2, 0.25) is 0 Å². The lowest BCUT2D eigenvalue weighted by Gasteiger charge is -2.17. The number of rotatable bonds is 6. The van der Waals surface area contributed by atoms with Crippen LogP contribution in [-0.4, -0.2) is 50.4 Å². The zero-order chi connectivity index (χ0) is 29.9. The van der Waals surface area contributed by atoms with E-state index in [1.54, 1.807) is 41.3 Å². The predicted molar refractivity (Wildman–Crippen MR) is 164 cm³/mol. The van der Waals surface area contributed by atoms with E-state index in [0.29, 0.717) is 34.0 Å². The summed E-state index contributed by atoms with van der Waals surface area (Å²) in [6, 6.07) is 21.6. The molecular weight excluding hydrogens is 550 g/mol. The molecule has 0 saturated carbocycles. The minimum atomic E-state index is -4.17. The molecule has 8 nitrogen and oxygen atoms in total. The molecule has 1 aliphatic rings. The van der Waals surface area contributed by atoms with Gasteiger partial charge in [-0.3, -0.25) is 4.79 Å². The van der Waals surface area contributed by atoms with Gasteiger partial charge in [0.05, 0.1) is 34.2 Å². The summed E-state index contributed by atoms with van der Waals surface area (Å²) in [5.41, 5.74) is 5.54. The average Bonchev–Trinajstić information content (AvgIpc) is 3.46. The first-order valence-electron chi connectivity index (χ1n) is 13.6. The molecule has 0 fully saturated rings. The normalized spacial score (nSPS) is 13.2. The van der Waals surface area contributed by atoms with Gasteiger partial charge in [-0.2, -0.15) is 0 Å². The van der Waals surface area contributed by atoms with E-state index >= 15 is 0 Å². The van der Waals surface area contributed by atoms with Gasteiger partial charge in [-0.1, -0.05) is 41.5 Å². The van der Waals surface area contributed by atoms with Crippen molar-refractivity contribution in [3.63, 3.8) is 0 Å². The van der Waals surface area contributed by atoms with Crippen molar-refractivity contribution in [2.45, 2.75) is 31.8 Å². The topological polar surface area (TPSA) is 88.9 Å². The average molecular weight is 582 g/mol. The first-order chi connectivity index (χ1) is 20.0. The van der Waals surface area contributed by atoms with E-state index in [1.165, 1.54) is 11.1 Å². The number of carbonyl (C=O) groups excluding carboxylic acids is 2. The molecule has 5 aromatic rings. The van der Waals surface area contributed by atoms with Crippen LogP contribution < -0.4 is 4.90 Å². The van der Waals surface area contributed by atoms with Crippen LogP contribution in [0.15, 0.2) is 77.7 Å². The maximum atomic E-state index is 14.3. The molecule has 1 aliphatic heterocycles. The highest BCUT2D eigenvalue weighted by molar-refractivity contribution is 7.90. The number of carbonyl (C=O) groups is 2. The molecule has 1 amide bonds. The quantitative estimate of drug-likeness (QED) is 0.241. The largest absolute Gasteiger partial charge is 0.465 e. The van der Waals surface area contributed by atoms with Gasteiger partial charge in [0.1, 0.15) is 0 Å². The Kier molecular flexibility index (Phi) is 6.57. The van der Waals surface area contributed by atoms with Crippen molar-refractivity contribution >= 4 is 49.4 Å². The lowest BCUT2D eigenvalue weighted by atomic mass is 9.98. The number of amides is 1. The minimum Gasteiger partial charge on any atom is -0.465 e. The number of aryl methyl sites for hydroxylation is 2. The highest BCUT2D eigenvalue weighted by Crippen LogP contribution is 2.42. The number of anilines is 1. The Balaban J connectivity index is 1.61. The van der Waals surface area contributed by atoms with Crippen LogP contribution in [0.4, 0.5) is 5.69 Å². The van der Waals surface area contributed by atoms with E-state index in [-0.39, 0.29) is 28.4 Å². The van der Waals surface area contributed by atoms with Crippen LogP contribution >= 0.6 is 0 Å². The van der Waals surface area contributed by atoms with Gasteiger partial charge in [-0.25, -0.2) is 17.2 Å². The fraction of sp³-hybridized carbons (Fsp3) is 0.212. The van der Waals surface area contributed by atoms with Crippen LogP contribution in [0.1, 0.15) is 43.0 Å². The number of methoxy groups -OCH3 is 1. The summed E-state index contributed by atoms with van der Waals surface area (Å²) in [6.45, 7) is 4.45. The number of esters is 1. The van der Waals surface area contributed by atoms with Gasteiger partial charge < -0.3 is 14.5 Å². The standard InChI is InChI=1S/C33H31N3O5S/c1-20-6-13-25(14-7-20)42(39,40)36-28-15-8-21(2)16-26(28)30-29-23(17-27(31(30)36)33(38)41-5)19-35(32(29)37)18-22-9-11-24(12-10-22)34(3)4/h6-17H,18-19H2,1-5H3. The Bertz CT molecular complexity index is 2010. The fourth-order valence-electron chi connectivity index (χ4n) is 5.73. The van der Waals surface area contributed by atoms with Crippen molar-refractivity contribution < 1.29 is 22.7 Å². The Hall–Kier alpha value is -4.63. The third-order valence-corrected chi connectivity index (χ3v) is 9.61. The highest BCUT2D eigenvalue weighted by Gasteiger charge is 2.36. The molecule has 0 bridgehead atoms. The van der Waals surface area contributed by atoms with Crippen molar-refractivity contribution in [3.8, 4) is 0 Å². The number of ether oxygens (including phenoxy) is 1. The van der Waals surface area contributed by atoms with Gasteiger partial charge in [0.15, 0.2) is 0 Å². The second-order valence-electron chi connectivity index (χ2n) is 11.0. The van der Waals surface area contributed by atoms with Crippen LogP contribution in [0.5, 0.6) is 0 Å². The van der Waals surface area contributed by atoms with Crippen molar-refractivity contribution in [1.29, 1.82) is 0 Å². The molecule has 42 heavy (non-hydrogen) atoms. The molecule has 0 atom stereocenters. The monoisotopic (exact) mass is 581 g/mol. The zero-order valence-corrected chi connectivity index (χ0v) is 25.0. The Morgan fingerprint density at radius 1 is 0.929 bits per heavy atom. The smallest absolute Gasteiger partial charge is 0.340 e. The van der Waals surface area contributed by atoms with E-state index < -0.39 is 16.0 Å². The third kappa shape index (κ3) is 4.32. The fourth-order valence-corrected chi connectivity index (χ4v) is 7.27. The molecule has 214 valence electrons. The maximum Gasteiger partial charge on any atom is 0.340 e. The van der Waals surface area contributed by atoms with E-state index in [9.17, 15) is 18.0 Å². The second-order valence-corrected chi connectivity index (χ2v) is 12.8. The molecule has 2 heterocycles. The zero-order valence-electron chi connectivity index (χ0n) is 24.1. The SMILES string of the molecule is COC(=O)c1cc2c(c3c4cc(C)ccc4n(S(=O)(=O)c4ccc(C)cc4)c13)C(=O)N(Cc1ccc(N(C)C)cc1)C2. The van der Waals surface area contributed by atoms with E-state index in [2.05, 4.69) is 0 Å². The minimum absolute atomic E-state index is 0.0814. The number of nitrogens with zero attached hydrogens (tertiary/aromatic N) is 3. The van der Waals surface area contributed by atoms with Crippen molar-refractivity contribution in [2.75, 3.05) is 26.1 Å².